The van der Waals surface area contributed by atoms with Crippen LogP contribution < -0.4 is 27.1 Å². The molecule has 2 atom stereocenters. The molecule has 1 saturated carbocycles. The van der Waals surface area contributed by atoms with Gasteiger partial charge in [0.15, 0.2) is 11.6 Å². The van der Waals surface area contributed by atoms with Crippen molar-refractivity contribution >= 4 is 34.6 Å². The topological polar surface area (TPSA) is 174 Å². The minimum absolute atomic E-state index is 0.0203. The zero-order chi connectivity index (χ0) is 25.5. The number of nitrogens with one attached hydrogen (secondary N) is 1. The Labute approximate surface area is 200 Å². The number of halogens is 1. The zero-order valence-corrected chi connectivity index (χ0v) is 19.4. The summed E-state index contributed by atoms with van der Waals surface area (Å²) < 4.78 is 16.8. The Morgan fingerprint density at radius 3 is 2.71 bits per heavy atom. The number of pyridine rings is 2. The third-order valence-corrected chi connectivity index (χ3v) is 6.70. The number of nitrogens with two attached hydrogens (primary N) is 2. The van der Waals surface area contributed by atoms with Gasteiger partial charge in [-0.1, -0.05) is 6.92 Å². The Kier molecular flexibility index (Phi) is 6.50. The van der Waals surface area contributed by atoms with Gasteiger partial charge in [0.25, 0.3) is 0 Å². The summed E-state index contributed by atoms with van der Waals surface area (Å²) in [6.07, 6.45) is 3.78. The second-order valence-electron chi connectivity index (χ2n) is 9.79. The van der Waals surface area contributed by atoms with Gasteiger partial charge in [-0.25, -0.2) is 14.2 Å². The largest absolute Gasteiger partial charge is 0.477 e. The Bertz CT molecular complexity index is 1260. The van der Waals surface area contributed by atoms with Crippen molar-refractivity contribution in [1.82, 2.24) is 14.9 Å². The molecule has 2 aromatic rings. The van der Waals surface area contributed by atoms with E-state index in [1.54, 1.807) is 9.47 Å². The van der Waals surface area contributed by atoms with Crippen molar-refractivity contribution in [2.75, 3.05) is 24.5 Å². The Morgan fingerprint density at radius 1 is 1.37 bits per heavy atom. The molecule has 35 heavy (non-hydrogen) atoms. The highest BCUT2D eigenvalue weighted by atomic mass is 19.1. The molecule has 2 aromatic heterocycles. The Balaban J connectivity index is 1.54. The third kappa shape index (κ3) is 5.11. The first-order valence-corrected chi connectivity index (χ1v) is 11.5. The highest BCUT2D eigenvalue weighted by Gasteiger charge is 2.37. The number of aromatic carboxylic acids is 1. The number of rotatable bonds is 9. The number of hydrogen-bond acceptors (Lipinski definition) is 7. The maximum atomic E-state index is 15.1. The van der Waals surface area contributed by atoms with E-state index < -0.39 is 34.7 Å². The van der Waals surface area contributed by atoms with E-state index in [0.29, 0.717) is 26.1 Å². The van der Waals surface area contributed by atoms with E-state index >= 15 is 4.39 Å². The number of carboxylic acid groups (broad SMARTS) is 1. The molecule has 0 radical (unpaired) electrons. The van der Waals surface area contributed by atoms with Crippen LogP contribution in [0.3, 0.4) is 0 Å². The quantitative estimate of drug-likeness (QED) is 0.395. The lowest BCUT2D eigenvalue weighted by molar-refractivity contribution is -0.123. The van der Waals surface area contributed by atoms with E-state index in [0.717, 1.165) is 18.9 Å². The Morgan fingerprint density at radius 2 is 2.09 bits per heavy atom. The van der Waals surface area contributed by atoms with Gasteiger partial charge in [0.2, 0.25) is 17.2 Å². The summed E-state index contributed by atoms with van der Waals surface area (Å²) in [6, 6.07) is 0.249. The number of fused-ring (bicyclic) bond motifs is 1. The second kappa shape index (κ2) is 9.25. The number of hydrogen-bond donors (Lipinski definition) is 4. The molecule has 2 aliphatic rings. The molecule has 1 aliphatic carbocycles. The Hall–Kier alpha value is -3.54. The molecule has 1 saturated heterocycles. The summed E-state index contributed by atoms with van der Waals surface area (Å²) in [5.41, 5.74) is 9.63. The smallest absolute Gasteiger partial charge is 0.341 e. The molecule has 11 nitrogen and oxygen atoms in total. The van der Waals surface area contributed by atoms with Crippen molar-refractivity contribution in [2.45, 2.75) is 51.1 Å². The number of carbonyl (C=O) groups excluding carboxylic acids is 2. The predicted molar refractivity (Wildman–Crippen MR) is 126 cm³/mol. The molecular formula is C23H29FN6O5. The SMILES string of the molecule is CC1(CNC(=O)C(N)CCC(N)=O)CCN(c2nc3c(cc2F)c(=O)c(C(=O)O)cn3C2CC2)C1. The summed E-state index contributed by atoms with van der Waals surface area (Å²) in [5.74, 6) is -2.89. The van der Waals surface area contributed by atoms with Gasteiger partial charge in [-0.15, -0.1) is 0 Å². The van der Waals surface area contributed by atoms with E-state index in [1.165, 1.54) is 6.20 Å². The van der Waals surface area contributed by atoms with Gasteiger partial charge >= 0.3 is 5.97 Å². The van der Waals surface area contributed by atoms with Crippen LogP contribution in [0.2, 0.25) is 0 Å². The maximum absolute atomic E-state index is 15.1. The van der Waals surface area contributed by atoms with Crippen LogP contribution in [0.25, 0.3) is 11.0 Å². The lowest BCUT2D eigenvalue weighted by atomic mass is 9.89. The molecule has 6 N–H and O–H groups in total. The molecular weight excluding hydrogens is 459 g/mol. The molecule has 188 valence electrons. The van der Waals surface area contributed by atoms with Gasteiger partial charge in [-0.05, 0) is 31.7 Å². The number of anilines is 1. The van der Waals surface area contributed by atoms with Crippen molar-refractivity contribution in [2.24, 2.45) is 16.9 Å². The van der Waals surface area contributed by atoms with Crippen LogP contribution in [0.4, 0.5) is 10.2 Å². The van der Waals surface area contributed by atoms with Gasteiger partial charge in [0, 0.05) is 43.7 Å². The number of carbonyl (C=O) groups is 3. The highest BCUT2D eigenvalue weighted by Crippen LogP contribution is 2.38. The van der Waals surface area contributed by atoms with E-state index in [1.807, 2.05) is 6.92 Å². The van der Waals surface area contributed by atoms with Crippen LogP contribution in [0.15, 0.2) is 17.1 Å². The van der Waals surface area contributed by atoms with Crippen molar-refractivity contribution in [3.8, 4) is 0 Å². The monoisotopic (exact) mass is 488 g/mol. The van der Waals surface area contributed by atoms with E-state index in [-0.39, 0.29) is 47.1 Å². The molecule has 2 amide bonds. The first-order valence-electron chi connectivity index (χ1n) is 11.5. The summed E-state index contributed by atoms with van der Waals surface area (Å²) >= 11 is 0. The normalized spacial score (nSPS) is 20.7. The number of nitrogens with zero attached hydrogens (tertiary/aromatic N) is 3. The molecule has 0 spiro atoms. The van der Waals surface area contributed by atoms with Crippen molar-refractivity contribution in [3.05, 3.63) is 33.9 Å². The van der Waals surface area contributed by atoms with Crippen molar-refractivity contribution < 1.29 is 23.9 Å². The van der Waals surface area contributed by atoms with Crippen molar-refractivity contribution in [3.63, 3.8) is 0 Å². The molecule has 3 heterocycles. The standard InChI is InChI=1S/C23H29FN6O5/c1-23(10-27-21(33)16(25)4-5-17(26)31)6-7-29(11-23)20-15(24)8-13-18(32)14(22(34)35)9-30(12-2-3-12)19(13)28-20/h8-9,12,16H,2-7,10-11,25H2,1H3,(H2,26,31)(H,27,33)(H,34,35). The first kappa shape index (κ1) is 24.6. The van der Waals surface area contributed by atoms with Crippen LogP contribution in [-0.2, 0) is 9.59 Å². The fraction of sp³-hybridized carbons (Fsp3) is 0.522. The van der Waals surface area contributed by atoms with Gasteiger partial charge in [0.05, 0.1) is 11.4 Å². The summed E-state index contributed by atoms with van der Waals surface area (Å²) in [6.45, 7) is 3.15. The number of aromatic nitrogens is 2. The van der Waals surface area contributed by atoms with Gasteiger partial charge in [-0.3, -0.25) is 14.4 Å². The van der Waals surface area contributed by atoms with E-state index in [2.05, 4.69) is 10.3 Å². The number of carboxylic acids is 1. The maximum Gasteiger partial charge on any atom is 0.341 e. The first-order chi connectivity index (χ1) is 16.5. The molecule has 12 heteroatoms. The minimum atomic E-state index is -1.36. The molecule has 2 fully saturated rings. The number of primary amides is 1. The van der Waals surface area contributed by atoms with Crippen molar-refractivity contribution in [1.29, 1.82) is 0 Å². The molecule has 2 unspecified atom stereocenters. The highest BCUT2D eigenvalue weighted by molar-refractivity contribution is 5.92. The van der Waals surface area contributed by atoms with Crippen LogP contribution in [0.5, 0.6) is 0 Å². The average molecular weight is 489 g/mol. The lowest BCUT2D eigenvalue weighted by Gasteiger charge is -2.26. The zero-order valence-electron chi connectivity index (χ0n) is 19.4. The number of amides is 2. The molecule has 1 aliphatic heterocycles. The fourth-order valence-electron chi connectivity index (χ4n) is 4.45. The summed E-state index contributed by atoms with van der Waals surface area (Å²) in [5, 5.41) is 12.1. The van der Waals surface area contributed by atoms with Crippen LogP contribution in [-0.4, -0.2) is 58.1 Å². The minimum Gasteiger partial charge on any atom is -0.477 e. The molecule has 4 rings (SSSR count). The second-order valence-corrected chi connectivity index (χ2v) is 9.79. The molecule has 0 aromatic carbocycles. The van der Waals surface area contributed by atoms with E-state index in [4.69, 9.17) is 11.5 Å². The summed E-state index contributed by atoms with van der Waals surface area (Å²) in [4.78, 5) is 53.6. The van der Waals surface area contributed by atoms with Crippen LogP contribution in [0.1, 0.15) is 55.4 Å². The average Bonchev–Trinajstić information content (AvgIpc) is 3.57. The summed E-state index contributed by atoms with van der Waals surface area (Å²) in [7, 11) is 0. The van der Waals surface area contributed by atoms with E-state index in [9.17, 15) is 24.3 Å². The molecule has 0 bridgehead atoms. The third-order valence-electron chi connectivity index (χ3n) is 6.70. The van der Waals surface area contributed by atoms with Gasteiger partial charge in [0.1, 0.15) is 11.2 Å². The predicted octanol–water partition coefficient (Wildman–Crippen LogP) is 0.494. The van der Waals surface area contributed by atoms with Gasteiger partial charge < -0.3 is 31.4 Å². The van der Waals surface area contributed by atoms with Gasteiger partial charge in [-0.2, -0.15) is 0 Å². The lowest BCUT2D eigenvalue weighted by Crippen LogP contribution is -2.45. The van der Waals surface area contributed by atoms with Crippen LogP contribution in [0, 0.1) is 11.2 Å². The fourth-order valence-corrected chi connectivity index (χ4v) is 4.45. The van der Waals surface area contributed by atoms with Crippen LogP contribution >= 0.6 is 0 Å².